The maximum absolute atomic E-state index is 6.19. The van der Waals surface area contributed by atoms with E-state index >= 15 is 0 Å². The van der Waals surface area contributed by atoms with E-state index in [9.17, 15) is 0 Å². The second-order valence-corrected chi connectivity index (χ2v) is 7.41. The third kappa shape index (κ3) is 3.52. The van der Waals surface area contributed by atoms with Crippen LogP contribution in [0.25, 0.3) is 0 Å². The summed E-state index contributed by atoms with van der Waals surface area (Å²) in [6, 6.07) is 10.4. The van der Waals surface area contributed by atoms with Gasteiger partial charge in [0.05, 0.1) is 24.9 Å². The zero-order chi connectivity index (χ0) is 18.8. The van der Waals surface area contributed by atoms with E-state index in [4.69, 9.17) is 24.2 Å². The second kappa shape index (κ2) is 7.93. The zero-order valence-corrected chi connectivity index (χ0v) is 16.0. The Morgan fingerprint density at radius 1 is 1.04 bits per heavy atom. The van der Waals surface area contributed by atoms with Crippen LogP contribution in [0, 0.1) is 0 Å². The standard InChI is InChI=1S/C21H26N4O3/c1-2-5-16(6-3-1)25-9-8-18-19(25)22-21(24-10-13-26-14-11-24)23-20(18)28-15-17-7-4-12-27-17/h1-3,5-6,17H,4,7-15H2. The Kier molecular flexibility index (Phi) is 5.01. The van der Waals surface area contributed by atoms with Crippen LogP contribution in [0.2, 0.25) is 0 Å². The smallest absolute Gasteiger partial charge is 0.230 e. The van der Waals surface area contributed by atoms with Gasteiger partial charge >= 0.3 is 0 Å². The first-order valence-corrected chi connectivity index (χ1v) is 10.2. The summed E-state index contributed by atoms with van der Waals surface area (Å²) in [5, 5.41) is 0. The molecule has 1 unspecified atom stereocenters. The number of aromatic nitrogens is 2. The van der Waals surface area contributed by atoms with Crippen molar-refractivity contribution < 1.29 is 14.2 Å². The minimum Gasteiger partial charge on any atom is -0.475 e. The molecule has 2 aromatic rings. The summed E-state index contributed by atoms with van der Waals surface area (Å²) in [4.78, 5) is 14.2. The molecule has 1 atom stereocenters. The van der Waals surface area contributed by atoms with Crippen molar-refractivity contribution in [2.24, 2.45) is 0 Å². The minimum atomic E-state index is 0.170. The largest absolute Gasteiger partial charge is 0.475 e. The molecule has 0 amide bonds. The molecule has 7 nitrogen and oxygen atoms in total. The predicted octanol–water partition coefficient (Wildman–Crippen LogP) is 2.57. The van der Waals surface area contributed by atoms with E-state index in [1.165, 1.54) is 0 Å². The van der Waals surface area contributed by atoms with E-state index in [0.717, 1.165) is 68.5 Å². The number of para-hydroxylation sites is 1. The number of fused-ring (bicyclic) bond motifs is 1. The lowest BCUT2D eigenvalue weighted by atomic mass is 10.2. The third-order valence-corrected chi connectivity index (χ3v) is 5.57. The van der Waals surface area contributed by atoms with E-state index in [1.807, 2.05) is 6.07 Å². The highest BCUT2D eigenvalue weighted by Crippen LogP contribution is 2.38. The van der Waals surface area contributed by atoms with Crippen molar-refractivity contribution in [3.8, 4) is 5.88 Å². The van der Waals surface area contributed by atoms with Crippen LogP contribution in [0.4, 0.5) is 17.5 Å². The average Bonchev–Trinajstić information content (AvgIpc) is 3.43. The number of hydrogen-bond donors (Lipinski definition) is 0. The van der Waals surface area contributed by atoms with E-state index in [-0.39, 0.29) is 6.10 Å². The monoisotopic (exact) mass is 382 g/mol. The predicted molar refractivity (Wildman–Crippen MR) is 107 cm³/mol. The molecule has 0 radical (unpaired) electrons. The van der Waals surface area contributed by atoms with Gasteiger partial charge in [0.25, 0.3) is 0 Å². The van der Waals surface area contributed by atoms with Gasteiger partial charge in [-0.25, -0.2) is 0 Å². The Hall–Kier alpha value is -2.38. The summed E-state index contributed by atoms with van der Waals surface area (Å²) in [6.45, 7) is 5.28. The summed E-state index contributed by atoms with van der Waals surface area (Å²) in [7, 11) is 0. The van der Waals surface area contributed by atoms with Crippen LogP contribution in [0.3, 0.4) is 0 Å². The second-order valence-electron chi connectivity index (χ2n) is 7.41. The summed E-state index contributed by atoms with van der Waals surface area (Å²) < 4.78 is 17.4. The number of ether oxygens (including phenoxy) is 3. The molecule has 0 spiro atoms. The third-order valence-electron chi connectivity index (χ3n) is 5.57. The molecule has 4 heterocycles. The van der Waals surface area contributed by atoms with Gasteiger partial charge in [-0.1, -0.05) is 18.2 Å². The summed E-state index contributed by atoms with van der Waals surface area (Å²) >= 11 is 0. The van der Waals surface area contributed by atoms with Crippen LogP contribution < -0.4 is 14.5 Å². The first-order chi connectivity index (χ1) is 13.9. The minimum absolute atomic E-state index is 0.170. The molecule has 0 saturated carbocycles. The van der Waals surface area contributed by atoms with Crippen molar-refractivity contribution in [1.29, 1.82) is 0 Å². The highest BCUT2D eigenvalue weighted by atomic mass is 16.5. The highest BCUT2D eigenvalue weighted by molar-refractivity contribution is 5.69. The van der Waals surface area contributed by atoms with Gasteiger partial charge in [-0.15, -0.1) is 0 Å². The molecule has 1 aromatic heterocycles. The van der Waals surface area contributed by atoms with Gasteiger partial charge in [0.1, 0.15) is 12.4 Å². The Labute approximate surface area is 165 Å². The van der Waals surface area contributed by atoms with Gasteiger partial charge in [-0.2, -0.15) is 9.97 Å². The maximum atomic E-state index is 6.19. The lowest BCUT2D eigenvalue weighted by molar-refractivity contribution is 0.0660. The normalized spacial score (nSPS) is 21.8. The number of benzene rings is 1. The Morgan fingerprint density at radius 2 is 1.89 bits per heavy atom. The average molecular weight is 382 g/mol. The number of nitrogens with zero attached hydrogens (tertiary/aromatic N) is 4. The molecular weight excluding hydrogens is 356 g/mol. The van der Waals surface area contributed by atoms with Gasteiger partial charge in [0.2, 0.25) is 11.8 Å². The lowest BCUT2D eigenvalue weighted by Crippen LogP contribution is -2.37. The molecule has 1 aromatic carbocycles. The molecule has 148 valence electrons. The van der Waals surface area contributed by atoms with Gasteiger partial charge in [0, 0.05) is 31.9 Å². The number of rotatable bonds is 5. The summed E-state index contributed by atoms with van der Waals surface area (Å²) in [5.74, 6) is 2.40. The number of hydrogen-bond acceptors (Lipinski definition) is 7. The van der Waals surface area contributed by atoms with E-state index in [1.54, 1.807) is 0 Å². The SMILES string of the molecule is c1ccc(N2CCc3c(OCC4CCCO4)nc(N4CCOCC4)nc32)cc1. The Bertz CT molecular complexity index is 805. The van der Waals surface area contributed by atoms with Crippen molar-refractivity contribution >= 4 is 17.5 Å². The summed E-state index contributed by atoms with van der Waals surface area (Å²) in [5.41, 5.74) is 2.25. The van der Waals surface area contributed by atoms with Crippen LogP contribution in [-0.4, -0.2) is 62.1 Å². The van der Waals surface area contributed by atoms with E-state index in [0.29, 0.717) is 25.7 Å². The molecule has 0 bridgehead atoms. The van der Waals surface area contributed by atoms with Crippen LogP contribution in [0.15, 0.2) is 30.3 Å². The van der Waals surface area contributed by atoms with E-state index < -0.39 is 0 Å². The van der Waals surface area contributed by atoms with Crippen molar-refractivity contribution in [2.75, 3.05) is 55.9 Å². The van der Waals surface area contributed by atoms with Crippen LogP contribution >= 0.6 is 0 Å². The molecule has 0 aliphatic carbocycles. The molecule has 3 aliphatic heterocycles. The van der Waals surface area contributed by atoms with Crippen molar-refractivity contribution in [3.05, 3.63) is 35.9 Å². The van der Waals surface area contributed by atoms with Crippen LogP contribution in [0.1, 0.15) is 18.4 Å². The zero-order valence-electron chi connectivity index (χ0n) is 16.0. The van der Waals surface area contributed by atoms with Crippen LogP contribution in [0.5, 0.6) is 5.88 Å². The fourth-order valence-electron chi connectivity index (χ4n) is 4.04. The Morgan fingerprint density at radius 3 is 2.68 bits per heavy atom. The number of anilines is 3. The topological polar surface area (TPSA) is 60.0 Å². The van der Waals surface area contributed by atoms with Gasteiger partial charge in [-0.05, 0) is 31.4 Å². The number of morpholine rings is 1. The summed E-state index contributed by atoms with van der Waals surface area (Å²) in [6.07, 6.45) is 3.22. The van der Waals surface area contributed by atoms with Gasteiger partial charge < -0.3 is 24.0 Å². The van der Waals surface area contributed by atoms with E-state index in [2.05, 4.69) is 34.1 Å². The molecule has 7 heteroatoms. The molecule has 0 N–H and O–H groups in total. The van der Waals surface area contributed by atoms with Crippen molar-refractivity contribution in [2.45, 2.75) is 25.4 Å². The lowest BCUT2D eigenvalue weighted by Gasteiger charge is -2.28. The Balaban J connectivity index is 1.47. The molecular formula is C21H26N4O3. The first-order valence-electron chi connectivity index (χ1n) is 10.2. The van der Waals surface area contributed by atoms with Crippen molar-refractivity contribution in [3.63, 3.8) is 0 Å². The molecule has 3 aliphatic rings. The quantitative estimate of drug-likeness (QED) is 0.788. The molecule has 28 heavy (non-hydrogen) atoms. The van der Waals surface area contributed by atoms with Crippen LogP contribution in [-0.2, 0) is 15.9 Å². The first kappa shape index (κ1) is 17.7. The van der Waals surface area contributed by atoms with Gasteiger partial charge in [0.15, 0.2) is 0 Å². The molecule has 2 saturated heterocycles. The highest BCUT2D eigenvalue weighted by Gasteiger charge is 2.30. The van der Waals surface area contributed by atoms with Gasteiger partial charge in [-0.3, -0.25) is 0 Å². The fraction of sp³-hybridized carbons (Fsp3) is 0.524. The fourth-order valence-corrected chi connectivity index (χ4v) is 4.04. The maximum Gasteiger partial charge on any atom is 0.230 e. The molecule has 2 fully saturated rings. The van der Waals surface area contributed by atoms with Crippen molar-refractivity contribution in [1.82, 2.24) is 9.97 Å². The molecule has 5 rings (SSSR count).